The molecule has 178 valence electrons. The van der Waals surface area contributed by atoms with Crippen LogP contribution in [0.25, 0.3) is 0 Å². The number of halogens is 1. The van der Waals surface area contributed by atoms with Gasteiger partial charge in [-0.15, -0.1) is 0 Å². The van der Waals surface area contributed by atoms with Gasteiger partial charge in [0.25, 0.3) is 0 Å². The molecule has 4 nitrogen and oxygen atoms in total. The van der Waals surface area contributed by atoms with E-state index in [2.05, 4.69) is 19.9 Å². The van der Waals surface area contributed by atoms with Gasteiger partial charge in [-0.3, -0.25) is 4.79 Å². The first-order valence-electron chi connectivity index (χ1n) is 12.6. The second-order valence-electron chi connectivity index (χ2n) is 12.0. The number of hydrogen-bond donors (Lipinski definition) is 1. The molecule has 0 aromatic heterocycles. The molecule has 0 bridgehead atoms. The van der Waals surface area contributed by atoms with Crippen LogP contribution in [0.2, 0.25) is 0 Å². The Morgan fingerprint density at radius 1 is 1.09 bits per heavy atom. The lowest BCUT2D eigenvalue weighted by atomic mass is 9.47. The molecule has 4 aliphatic carbocycles. The van der Waals surface area contributed by atoms with Gasteiger partial charge in [0, 0.05) is 12.1 Å². The zero-order valence-electron chi connectivity index (χ0n) is 20.6. The highest BCUT2D eigenvalue weighted by molar-refractivity contribution is 6.34. The molecule has 0 saturated heterocycles. The van der Waals surface area contributed by atoms with Crippen LogP contribution in [0, 0.1) is 34.5 Å². The van der Waals surface area contributed by atoms with Crippen LogP contribution in [0.15, 0.2) is 22.3 Å². The molecule has 1 N–H and O–H groups in total. The van der Waals surface area contributed by atoms with E-state index >= 15 is 0 Å². The van der Waals surface area contributed by atoms with Gasteiger partial charge in [-0.1, -0.05) is 37.9 Å². The molecule has 4 rings (SSSR count). The van der Waals surface area contributed by atoms with E-state index in [4.69, 9.17) is 11.6 Å². The Hall–Kier alpha value is -1.29. The van der Waals surface area contributed by atoms with Crippen molar-refractivity contribution in [2.75, 3.05) is 0 Å². The van der Waals surface area contributed by atoms with Gasteiger partial charge in [0.15, 0.2) is 0 Å². The van der Waals surface area contributed by atoms with E-state index in [1.807, 2.05) is 32.6 Å². The van der Waals surface area contributed by atoms with Crippen molar-refractivity contribution in [1.29, 1.82) is 0 Å². The van der Waals surface area contributed by atoms with Crippen molar-refractivity contribution < 1.29 is 14.7 Å². The molecule has 0 heterocycles. The van der Waals surface area contributed by atoms with E-state index in [0.717, 1.165) is 24.3 Å². The molecule has 0 radical (unpaired) electrons. The second-order valence-corrected chi connectivity index (χ2v) is 12.3. The van der Waals surface area contributed by atoms with E-state index in [0.29, 0.717) is 28.7 Å². The Morgan fingerprint density at radius 3 is 2.34 bits per heavy atom. The van der Waals surface area contributed by atoms with E-state index in [1.54, 1.807) is 0 Å². The summed E-state index contributed by atoms with van der Waals surface area (Å²) in [4.78, 5) is 28.0. The van der Waals surface area contributed by atoms with Crippen molar-refractivity contribution in [3.8, 4) is 0 Å². The smallest absolute Gasteiger partial charge is 0.333 e. The molecule has 2 saturated carbocycles. The molecule has 0 spiro atoms. The Balaban J connectivity index is 1.78. The standard InChI is InChI=1S/C27H40ClNO3/c1-15(2)29(16(3)4)24(30)18-14-27(6)20-11-13-26(5)12-7-8-19(26)17(20)9-10-21(27)23(28)22(18)25(31)32/h10,15-20H,7-9,11-14H2,1-6H3,(H,31,32)/t17-,18?,19-,20+,26-,27+/m0/s1. The first-order chi connectivity index (χ1) is 14.9. The normalized spacial score (nSPS) is 38.8. The molecular formula is C27H40ClNO3. The third kappa shape index (κ3) is 3.47. The lowest BCUT2D eigenvalue weighted by Crippen LogP contribution is -2.53. The number of rotatable bonds is 4. The van der Waals surface area contributed by atoms with Crippen molar-refractivity contribution >= 4 is 23.5 Å². The Kier molecular flexibility index (Phi) is 6.10. The first-order valence-corrected chi connectivity index (χ1v) is 13.0. The van der Waals surface area contributed by atoms with Crippen LogP contribution >= 0.6 is 11.6 Å². The van der Waals surface area contributed by atoms with Gasteiger partial charge in [0.1, 0.15) is 0 Å². The summed E-state index contributed by atoms with van der Waals surface area (Å²) in [6, 6.07) is 0.0168. The minimum absolute atomic E-state index is 0.00838. The van der Waals surface area contributed by atoms with Crippen LogP contribution in [0.1, 0.15) is 86.5 Å². The van der Waals surface area contributed by atoms with Gasteiger partial charge in [-0.2, -0.15) is 0 Å². The average Bonchev–Trinajstić information content (AvgIpc) is 3.08. The van der Waals surface area contributed by atoms with Crippen LogP contribution < -0.4 is 0 Å². The quantitative estimate of drug-likeness (QED) is 0.527. The summed E-state index contributed by atoms with van der Waals surface area (Å²) in [6.45, 7) is 12.7. The average molecular weight is 462 g/mol. The summed E-state index contributed by atoms with van der Waals surface area (Å²) >= 11 is 6.87. The number of carbonyl (C=O) groups excluding carboxylic acids is 1. The summed E-state index contributed by atoms with van der Waals surface area (Å²) in [7, 11) is 0. The summed E-state index contributed by atoms with van der Waals surface area (Å²) in [5.41, 5.74) is 1.30. The largest absolute Gasteiger partial charge is 0.478 e. The molecule has 0 aromatic carbocycles. The molecule has 1 unspecified atom stereocenters. The number of fused-ring (bicyclic) bond motifs is 5. The molecule has 6 atom stereocenters. The number of carboxylic acids is 1. The highest BCUT2D eigenvalue weighted by Gasteiger charge is 2.58. The van der Waals surface area contributed by atoms with Crippen molar-refractivity contribution in [3.63, 3.8) is 0 Å². The zero-order valence-corrected chi connectivity index (χ0v) is 21.3. The Bertz CT molecular complexity index is 866. The molecule has 2 fully saturated rings. The van der Waals surface area contributed by atoms with Crippen LogP contribution in [-0.2, 0) is 9.59 Å². The predicted octanol–water partition coefficient (Wildman–Crippen LogP) is 6.40. The summed E-state index contributed by atoms with van der Waals surface area (Å²) in [6.07, 6.45) is 10.1. The van der Waals surface area contributed by atoms with E-state index in [1.165, 1.54) is 25.7 Å². The third-order valence-electron chi connectivity index (χ3n) is 9.59. The van der Waals surface area contributed by atoms with Crippen LogP contribution in [0.4, 0.5) is 0 Å². The number of hydrogen-bond acceptors (Lipinski definition) is 2. The molecule has 0 aliphatic heterocycles. The second kappa shape index (κ2) is 8.18. The topological polar surface area (TPSA) is 57.6 Å². The minimum atomic E-state index is -1.06. The van der Waals surface area contributed by atoms with Gasteiger partial charge >= 0.3 is 5.97 Å². The molecule has 1 amide bonds. The summed E-state index contributed by atoms with van der Waals surface area (Å²) < 4.78 is 0. The van der Waals surface area contributed by atoms with E-state index < -0.39 is 11.9 Å². The number of nitrogens with zero attached hydrogens (tertiary/aromatic N) is 1. The maximum absolute atomic E-state index is 13.8. The maximum atomic E-state index is 13.8. The first kappa shape index (κ1) is 23.9. The summed E-state index contributed by atoms with van der Waals surface area (Å²) in [5, 5.41) is 10.4. The van der Waals surface area contributed by atoms with Gasteiger partial charge in [0.05, 0.1) is 16.5 Å². The van der Waals surface area contributed by atoms with Crippen molar-refractivity contribution in [2.24, 2.45) is 34.5 Å². The number of allylic oxidation sites excluding steroid dienone is 3. The molecule has 0 aromatic rings. The minimum Gasteiger partial charge on any atom is -0.478 e. The van der Waals surface area contributed by atoms with Gasteiger partial charge < -0.3 is 10.0 Å². The van der Waals surface area contributed by atoms with Gasteiger partial charge in [-0.05, 0) is 100 Å². The Labute approximate surface area is 198 Å². The highest BCUT2D eigenvalue weighted by Crippen LogP contribution is 2.66. The molecular weight excluding hydrogens is 422 g/mol. The summed E-state index contributed by atoms with van der Waals surface area (Å²) in [5.74, 6) is -0.0288. The lowest BCUT2D eigenvalue weighted by Gasteiger charge is -2.57. The molecule has 5 heteroatoms. The third-order valence-corrected chi connectivity index (χ3v) is 10.00. The predicted molar refractivity (Wildman–Crippen MR) is 128 cm³/mol. The van der Waals surface area contributed by atoms with Gasteiger partial charge in [0.2, 0.25) is 5.91 Å². The fourth-order valence-electron chi connectivity index (χ4n) is 8.25. The molecule has 4 aliphatic rings. The number of aliphatic carboxylic acids is 1. The number of carboxylic acid groups (broad SMARTS) is 1. The van der Waals surface area contributed by atoms with Crippen molar-refractivity contribution in [3.05, 3.63) is 22.3 Å². The fourth-order valence-corrected chi connectivity index (χ4v) is 8.76. The number of carbonyl (C=O) groups is 2. The fraction of sp³-hybridized carbons (Fsp3) is 0.778. The monoisotopic (exact) mass is 461 g/mol. The van der Waals surface area contributed by atoms with Crippen LogP contribution in [0.3, 0.4) is 0 Å². The lowest BCUT2D eigenvalue weighted by molar-refractivity contribution is -0.144. The van der Waals surface area contributed by atoms with Crippen molar-refractivity contribution in [2.45, 2.75) is 98.6 Å². The van der Waals surface area contributed by atoms with Gasteiger partial charge in [-0.25, -0.2) is 4.79 Å². The van der Waals surface area contributed by atoms with Crippen LogP contribution in [0.5, 0.6) is 0 Å². The zero-order chi connectivity index (χ0) is 23.6. The highest BCUT2D eigenvalue weighted by atomic mass is 35.5. The Morgan fingerprint density at radius 2 is 1.75 bits per heavy atom. The maximum Gasteiger partial charge on any atom is 0.333 e. The molecule has 32 heavy (non-hydrogen) atoms. The SMILES string of the molecule is CC(C)N(C(=O)C1C[C@@]2(C)C(=CC[C@@H]3[C@H]2CC[C@]2(C)CCC[C@@H]32)C(Cl)=C1C(=O)O)C(C)C. The number of amides is 1. The van der Waals surface area contributed by atoms with Crippen molar-refractivity contribution in [1.82, 2.24) is 4.90 Å². The van der Waals surface area contributed by atoms with Crippen LogP contribution in [-0.4, -0.2) is 34.0 Å². The van der Waals surface area contributed by atoms with E-state index in [-0.39, 0.29) is 29.0 Å². The van der Waals surface area contributed by atoms with E-state index in [9.17, 15) is 14.7 Å².